The summed E-state index contributed by atoms with van der Waals surface area (Å²) >= 11 is 0. The number of carbonyl (C=O) groups is 1. The number of pyridine rings is 1. The Hall–Kier alpha value is -3.07. The number of aromatic nitrogens is 1. The lowest BCUT2D eigenvalue weighted by molar-refractivity contribution is -0.137. The van der Waals surface area contributed by atoms with Crippen molar-refractivity contribution in [1.29, 1.82) is 0 Å². The highest BCUT2D eigenvalue weighted by atomic mass is 19.4. The fourth-order valence-electron chi connectivity index (χ4n) is 2.99. The van der Waals surface area contributed by atoms with Gasteiger partial charge in [-0.1, -0.05) is 12.1 Å². The van der Waals surface area contributed by atoms with E-state index in [2.05, 4.69) is 4.98 Å². The zero-order valence-electron chi connectivity index (χ0n) is 17.3. The number of rotatable bonds is 6. The second-order valence-corrected chi connectivity index (χ2v) is 7.29. The van der Waals surface area contributed by atoms with Crippen molar-refractivity contribution in [1.82, 2.24) is 9.88 Å². The van der Waals surface area contributed by atoms with Crippen molar-refractivity contribution in [2.45, 2.75) is 12.3 Å². The van der Waals surface area contributed by atoms with E-state index in [1.165, 1.54) is 12.1 Å². The van der Waals surface area contributed by atoms with Crippen molar-refractivity contribution in [3.8, 4) is 5.88 Å². The van der Waals surface area contributed by atoms with Gasteiger partial charge < -0.3 is 19.3 Å². The smallest absolute Gasteiger partial charge is 0.417 e. The zero-order chi connectivity index (χ0) is 22.4. The topological polar surface area (TPSA) is 54.9 Å². The molecule has 166 valence electrons. The molecule has 1 aromatic carbocycles. The van der Waals surface area contributed by atoms with Gasteiger partial charge in [0.25, 0.3) is 0 Å². The van der Waals surface area contributed by atoms with Crippen molar-refractivity contribution >= 4 is 17.7 Å². The SMILES string of the molecule is CN(C)c1ccc(C=CC(=O)N2CCOC(COc3ccc(C(F)(F)F)cn3)C2)cc1. The fourth-order valence-corrected chi connectivity index (χ4v) is 2.99. The number of alkyl halides is 3. The number of benzene rings is 1. The zero-order valence-corrected chi connectivity index (χ0v) is 17.3. The highest BCUT2D eigenvalue weighted by Crippen LogP contribution is 2.29. The van der Waals surface area contributed by atoms with E-state index < -0.39 is 17.8 Å². The predicted molar refractivity (Wildman–Crippen MR) is 111 cm³/mol. The minimum absolute atomic E-state index is 0.0705. The Bertz CT molecular complexity index is 897. The van der Waals surface area contributed by atoms with Crippen LogP contribution in [0.15, 0.2) is 48.7 Å². The summed E-state index contributed by atoms with van der Waals surface area (Å²) in [5, 5.41) is 0. The van der Waals surface area contributed by atoms with Gasteiger partial charge in [0.1, 0.15) is 12.7 Å². The second kappa shape index (κ2) is 9.82. The van der Waals surface area contributed by atoms with E-state index in [-0.39, 0.29) is 18.4 Å². The molecule has 1 amide bonds. The maximum Gasteiger partial charge on any atom is 0.417 e. The van der Waals surface area contributed by atoms with Crippen LogP contribution in [-0.2, 0) is 15.7 Å². The summed E-state index contributed by atoms with van der Waals surface area (Å²) in [6, 6.07) is 9.90. The Morgan fingerprint density at radius 3 is 2.61 bits per heavy atom. The number of halogens is 3. The number of ether oxygens (including phenoxy) is 2. The van der Waals surface area contributed by atoms with E-state index in [1.807, 2.05) is 43.3 Å². The van der Waals surface area contributed by atoms with Crippen LogP contribution in [0.3, 0.4) is 0 Å². The molecule has 6 nitrogen and oxygen atoms in total. The Balaban J connectivity index is 1.50. The van der Waals surface area contributed by atoms with E-state index in [4.69, 9.17) is 9.47 Å². The van der Waals surface area contributed by atoms with E-state index in [0.717, 1.165) is 23.5 Å². The minimum atomic E-state index is -4.44. The van der Waals surface area contributed by atoms with Crippen LogP contribution in [0.25, 0.3) is 6.08 Å². The van der Waals surface area contributed by atoms with Crippen LogP contribution in [0.2, 0.25) is 0 Å². The van der Waals surface area contributed by atoms with Gasteiger partial charge in [0.05, 0.1) is 18.7 Å². The standard InChI is InChI=1S/C22H24F3N3O3/c1-27(2)18-7-3-16(4-8-18)5-10-21(29)28-11-12-30-19(14-28)15-31-20-9-6-17(13-26-20)22(23,24)25/h3-10,13,19H,11-12,14-15H2,1-2H3. The number of morpholine rings is 1. The molecule has 0 saturated carbocycles. The third-order valence-corrected chi connectivity index (χ3v) is 4.76. The van der Waals surface area contributed by atoms with Crippen LogP contribution >= 0.6 is 0 Å². The van der Waals surface area contributed by atoms with Crippen LogP contribution in [0.4, 0.5) is 18.9 Å². The summed E-state index contributed by atoms with van der Waals surface area (Å²) < 4.78 is 48.8. The molecule has 1 fully saturated rings. The molecule has 1 saturated heterocycles. The van der Waals surface area contributed by atoms with Crippen molar-refractivity contribution in [2.75, 3.05) is 45.3 Å². The summed E-state index contributed by atoms with van der Waals surface area (Å²) in [4.78, 5) is 19.8. The van der Waals surface area contributed by atoms with Gasteiger partial charge in [0.2, 0.25) is 11.8 Å². The van der Waals surface area contributed by atoms with Gasteiger partial charge in [-0.25, -0.2) is 4.98 Å². The van der Waals surface area contributed by atoms with E-state index in [0.29, 0.717) is 19.7 Å². The third kappa shape index (κ3) is 6.45. The van der Waals surface area contributed by atoms with Gasteiger partial charge >= 0.3 is 6.18 Å². The molecule has 1 aromatic heterocycles. The van der Waals surface area contributed by atoms with Crippen molar-refractivity contribution in [3.63, 3.8) is 0 Å². The molecule has 1 aliphatic heterocycles. The molecule has 0 radical (unpaired) electrons. The first kappa shape index (κ1) is 22.6. The first-order chi connectivity index (χ1) is 14.7. The second-order valence-electron chi connectivity index (χ2n) is 7.29. The van der Waals surface area contributed by atoms with Gasteiger partial charge in [-0.2, -0.15) is 13.2 Å². The van der Waals surface area contributed by atoms with Crippen molar-refractivity contribution in [3.05, 3.63) is 59.8 Å². The van der Waals surface area contributed by atoms with Gasteiger partial charge in [-0.3, -0.25) is 4.79 Å². The highest BCUT2D eigenvalue weighted by Gasteiger charge is 2.31. The van der Waals surface area contributed by atoms with Gasteiger partial charge in [0.15, 0.2) is 0 Å². The average molecular weight is 435 g/mol. The first-order valence-electron chi connectivity index (χ1n) is 9.74. The Morgan fingerprint density at radius 2 is 2.00 bits per heavy atom. The molecule has 2 aromatic rings. The molecule has 1 atom stereocenters. The Labute approximate surface area is 178 Å². The molecule has 0 spiro atoms. The lowest BCUT2D eigenvalue weighted by Crippen LogP contribution is -2.47. The third-order valence-electron chi connectivity index (χ3n) is 4.76. The van der Waals surface area contributed by atoms with Gasteiger partial charge in [0, 0.05) is 44.7 Å². The van der Waals surface area contributed by atoms with E-state index in [9.17, 15) is 18.0 Å². The lowest BCUT2D eigenvalue weighted by Gasteiger charge is -2.32. The first-order valence-corrected chi connectivity index (χ1v) is 9.74. The lowest BCUT2D eigenvalue weighted by atomic mass is 10.2. The molecule has 3 rings (SSSR count). The highest BCUT2D eigenvalue weighted by molar-refractivity contribution is 5.91. The van der Waals surface area contributed by atoms with E-state index >= 15 is 0 Å². The monoisotopic (exact) mass is 435 g/mol. The molecule has 0 aliphatic carbocycles. The van der Waals surface area contributed by atoms with Gasteiger partial charge in [-0.15, -0.1) is 0 Å². The van der Waals surface area contributed by atoms with Crippen molar-refractivity contribution in [2.24, 2.45) is 0 Å². The molecular weight excluding hydrogens is 411 g/mol. The molecular formula is C22H24F3N3O3. The molecule has 1 unspecified atom stereocenters. The molecule has 1 aliphatic rings. The van der Waals surface area contributed by atoms with Crippen molar-refractivity contribution < 1.29 is 27.4 Å². The summed E-state index contributed by atoms with van der Waals surface area (Å²) in [6.45, 7) is 1.21. The number of carbonyl (C=O) groups excluding carboxylic acids is 1. The summed E-state index contributed by atoms with van der Waals surface area (Å²) in [6.07, 6.45) is -0.835. The number of anilines is 1. The summed E-state index contributed by atoms with van der Waals surface area (Å²) in [5.41, 5.74) is 1.15. The number of nitrogens with zero attached hydrogens (tertiary/aromatic N) is 3. The predicted octanol–water partition coefficient (Wildman–Crippen LogP) is 3.49. The molecule has 0 N–H and O–H groups in total. The number of hydrogen-bond acceptors (Lipinski definition) is 5. The van der Waals surface area contributed by atoms with Crippen LogP contribution in [0, 0.1) is 0 Å². The Morgan fingerprint density at radius 1 is 1.26 bits per heavy atom. The molecule has 0 bridgehead atoms. The minimum Gasteiger partial charge on any atom is -0.475 e. The average Bonchev–Trinajstić information content (AvgIpc) is 2.76. The maximum atomic E-state index is 12.6. The maximum absolute atomic E-state index is 12.6. The van der Waals surface area contributed by atoms with Gasteiger partial charge in [-0.05, 0) is 29.8 Å². The normalized spacial score (nSPS) is 17.1. The number of amides is 1. The van der Waals surface area contributed by atoms with Crippen LogP contribution < -0.4 is 9.64 Å². The number of hydrogen-bond donors (Lipinski definition) is 0. The summed E-state index contributed by atoms with van der Waals surface area (Å²) in [5.74, 6) is -0.0706. The van der Waals surface area contributed by atoms with E-state index in [1.54, 1.807) is 11.0 Å². The molecule has 2 heterocycles. The molecule has 9 heteroatoms. The van der Waals surface area contributed by atoms with Crippen LogP contribution in [0.1, 0.15) is 11.1 Å². The quantitative estimate of drug-likeness (QED) is 0.651. The van der Waals surface area contributed by atoms with Crippen LogP contribution in [0.5, 0.6) is 5.88 Å². The van der Waals surface area contributed by atoms with Crippen LogP contribution in [-0.4, -0.2) is 62.3 Å². The largest absolute Gasteiger partial charge is 0.475 e. The Kier molecular flexibility index (Phi) is 7.17. The summed E-state index contributed by atoms with van der Waals surface area (Å²) in [7, 11) is 3.92. The molecule has 31 heavy (non-hydrogen) atoms. The fraction of sp³-hybridized carbons (Fsp3) is 0.364.